The molecule has 0 saturated heterocycles. The minimum Gasteiger partial charge on any atom is -0.744 e. The van der Waals surface area contributed by atoms with E-state index in [-0.39, 0.29) is 34.5 Å². The Kier molecular flexibility index (Phi) is 5.97. The molecule has 2 aromatic rings. The Morgan fingerprint density at radius 1 is 0.895 bits per heavy atom. The van der Waals surface area contributed by atoms with E-state index in [0.717, 1.165) is 0 Å². The van der Waals surface area contributed by atoms with Crippen molar-refractivity contribution in [3.05, 3.63) is 71.8 Å². The first-order valence-electron chi connectivity index (χ1n) is 5.35. The average Bonchev–Trinajstić information content (AvgIpc) is 2.37. The van der Waals surface area contributed by atoms with Crippen molar-refractivity contribution in [1.29, 1.82) is 0 Å². The van der Waals surface area contributed by atoms with Gasteiger partial charge in [0.25, 0.3) is 0 Å². The van der Waals surface area contributed by atoms with E-state index >= 15 is 0 Å². The Labute approximate surface area is 135 Å². The standard InChI is InChI=1S/C14H12O3S.Na/c15-18(16,17)14(13-9-5-2-6-10-13)11-12-7-3-1-4-8-12;/h1-11H,(H,15,16,17);/q;+1/p-1. The van der Waals surface area contributed by atoms with E-state index in [0.29, 0.717) is 11.1 Å². The van der Waals surface area contributed by atoms with Crippen LogP contribution in [0.1, 0.15) is 11.1 Å². The van der Waals surface area contributed by atoms with Gasteiger partial charge in [0.05, 0.1) is 4.91 Å². The number of benzene rings is 2. The van der Waals surface area contributed by atoms with Crippen LogP contribution in [-0.2, 0) is 10.1 Å². The quantitative estimate of drug-likeness (QED) is 0.442. The topological polar surface area (TPSA) is 57.2 Å². The van der Waals surface area contributed by atoms with E-state index in [9.17, 15) is 13.0 Å². The van der Waals surface area contributed by atoms with Gasteiger partial charge in [-0.2, -0.15) is 0 Å². The van der Waals surface area contributed by atoms with Crippen molar-refractivity contribution in [3.63, 3.8) is 0 Å². The molecular weight excluding hydrogens is 271 g/mol. The first-order chi connectivity index (χ1) is 8.57. The fourth-order valence-electron chi connectivity index (χ4n) is 1.60. The predicted molar refractivity (Wildman–Crippen MR) is 70.5 cm³/mol. The van der Waals surface area contributed by atoms with Gasteiger partial charge in [0.1, 0.15) is 10.1 Å². The van der Waals surface area contributed by atoms with Gasteiger partial charge in [-0.3, -0.25) is 0 Å². The molecule has 5 heteroatoms. The summed E-state index contributed by atoms with van der Waals surface area (Å²) in [5, 5.41) is 0. The van der Waals surface area contributed by atoms with Gasteiger partial charge in [0.15, 0.2) is 0 Å². The van der Waals surface area contributed by atoms with Gasteiger partial charge in [-0.05, 0) is 17.2 Å². The van der Waals surface area contributed by atoms with Crippen LogP contribution in [0.2, 0.25) is 0 Å². The second kappa shape index (κ2) is 7.03. The van der Waals surface area contributed by atoms with Crippen molar-refractivity contribution in [2.75, 3.05) is 0 Å². The summed E-state index contributed by atoms with van der Waals surface area (Å²) in [7, 11) is -4.51. The second-order valence-corrected chi connectivity index (χ2v) is 5.09. The number of hydrogen-bond acceptors (Lipinski definition) is 3. The van der Waals surface area contributed by atoms with E-state index in [2.05, 4.69) is 0 Å². The van der Waals surface area contributed by atoms with Gasteiger partial charge in [-0.25, -0.2) is 8.42 Å². The van der Waals surface area contributed by atoms with Gasteiger partial charge < -0.3 is 4.55 Å². The fourth-order valence-corrected chi connectivity index (χ4v) is 2.31. The van der Waals surface area contributed by atoms with Crippen molar-refractivity contribution >= 4 is 21.1 Å². The zero-order chi connectivity index (χ0) is 13.0. The summed E-state index contributed by atoms with van der Waals surface area (Å²) in [5.41, 5.74) is 1.08. The minimum absolute atomic E-state index is 0. The van der Waals surface area contributed by atoms with Gasteiger partial charge in [0, 0.05) is 0 Å². The summed E-state index contributed by atoms with van der Waals surface area (Å²) in [4.78, 5) is -0.214. The van der Waals surface area contributed by atoms with E-state index in [4.69, 9.17) is 0 Å². The molecule has 92 valence electrons. The zero-order valence-corrected chi connectivity index (χ0v) is 13.3. The molecule has 0 atom stereocenters. The maximum atomic E-state index is 11.3. The second-order valence-electron chi connectivity index (χ2n) is 3.74. The van der Waals surface area contributed by atoms with Crippen molar-refractivity contribution in [1.82, 2.24) is 0 Å². The van der Waals surface area contributed by atoms with Gasteiger partial charge in [-0.15, -0.1) is 0 Å². The molecule has 0 aliphatic heterocycles. The number of rotatable bonds is 3. The third-order valence-corrected chi connectivity index (χ3v) is 3.32. The summed E-state index contributed by atoms with van der Waals surface area (Å²) in [5.74, 6) is 0. The van der Waals surface area contributed by atoms with Crippen LogP contribution < -0.4 is 29.6 Å². The van der Waals surface area contributed by atoms with Crippen LogP contribution in [0, 0.1) is 0 Å². The molecule has 2 rings (SSSR count). The van der Waals surface area contributed by atoms with E-state index in [1.54, 1.807) is 54.6 Å². The first kappa shape index (κ1) is 16.1. The molecule has 19 heavy (non-hydrogen) atoms. The Morgan fingerprint density at radius 3 is 1.84 bits per heavy atom. The molecule has 0 heterocycles. The average molecular weight is 282 g/mol. The molecule has 0 aliphatic carbocycles. The smallest absolute Gasteiger partial charge is 0.744 e. The van der Waals surface area contributed by atoms with Gasteiger partial charge >= 0.3 is 29.6 Å². The maximum Gasteiger partial charge on any atom is 1.00 e. The van der Waals surface area contributed by atoms with Gasteiger partial charge in [0.2, 0.25) is 0 Å². The Balaban J connectivity index is 0.00000180. The van der Waals surface area contributed by atoms with Gasteiger partial charge in [-0.1, -0.05) is 60.7 Å². The molecule has 0 amide bonds. The molecular formula is C14H11NaO3S. The molecule has 0 bridgehead atoms. The largest absolute Gasteiger partial charge is 1.00 e. The van der Waals surface area contributed by atoms with Crippen LogP contribution in [0.4, 0.5) is 0 Å². The van der Waals surface area contributed by atoms with E-state index < -0.39 is 10.1 Å². The molecule has 0 aromatic heterocycles. The molecule has 0 spiro atoms. The SMILES string of the molecule is O=S(=O)([O-])C(=Cc1ccccc1)c1ccccc1.[Na+]. The molecule has 0 radical (unpaired) electrons. The normalized spacial score (nSPS) is 11.7. The molecule has 2 aromatic carbocycles. The summed E-state index contributed by atoms with van der Waals surface area (Å²) in [6, 6.07) is 17.2. The van der Waals surface area contributed by atoms with Crippen LogP contribution in [-0.4, -0.2) is 13.0 Å². The van der Waals surface area contributed by atoms with Crippen LogP contribution in [0.5, 0.6) is 0 Å². The summed E-state index contributed by atoms with van der Waals surface area (Å²) in [6.07, 6.45) is 1.39. The Morgan fingerprint density at radius 2 is 1.37 bits per heavy atom. The molecule has 0 aliphatic rings. The molecule has 3 nitrogen and oxygen atoms in total. The maximum absolute atomic E-state index is 11.3. The van der Waals surface area contributed by atoms with Crippen molar-refractivity contribution in [3.8, 4) is 0 Å². The van der Waals surface area contributed by atoms with E-state index in [1.807, 2.05) is 6.07 Å². The van der Waals surface area contributed by atoms with Crippen LogP contribution >= 0.6 is 0 Å². The fraction of sp³-hybridized carbons (Fsp3) is 0. The molecule has 0 fully saturated rings. The predicted octanol–water partition coefficient (Wildman–Crippen LogP) is -0.266. The third-order valence-electron chi connectivity index (χ3n) is 2.42. The van der Waals surface area contributed by atoms with Crippen LogP contribution in [0.25, 0.3) is 11.0 Å². The monoisotopic (exact) mass is 282 g/mol. The van der Waals surface area contributed by atoms with Crippen LogP contribution in [0.3, 0.4) is 0 Å². The van der Waals surface area contributed by atoms with Crippen LogP contribution in [0.15, 0.2) is 60.7 Å². The van der Waals surface area contributed by atoms with Crippen molar-refractivity contribution < 1.29 is 42.5 Å². The zero-order valence-electron chi connectivity index (χ0n) is 10.5. The van der Waals surface area contributed by atoms with E-state index in [1.165, 1.54) is 6.08 Å². The number of hydrogen-bond donors (Lipinski definition) is 0. The summed E-state index contributed by atoms with van der Waals surface area (Å²) >= 11 is 0. The molecule has 0 saturated carbocycles. The molecule has 0 N–H and O–H groups in total. The summed E-state index contributed by atoms with van der Waals surface area (Å²) in [6.45, 7) is 0. The minimum atomic E-state index is -4.51. The van der Waals surface area contributed by atoms with Crippen molar-refractivity contribution in [2.45, 2.75) is 0 Å². The first-order valence-corrected chi connectivity index (χ1v) is 6.76. The molecule has 0 unspecified atom stereocenters. The third kappa shape index (κ3) is 4.60. The van der Waals surface area contributed by atoms with Crippen molar-refractivity contribution in [2.24, 2.45) is 0 Å². The Hall–Kier alpha value is -0.910. The summed E-state index contributed by atoms with van der Waals surface area (Å²) < 4.78 is 33.9. The Bertz CT molecular complexity index is 650.